The number of pyridine rings is 1. The first-order chi connectivity index (χ1) is 6.79. The average molecular weight is 270 g/mol. The molecule has 0 unspecified atom stereocenters. The fourth-order valence-electron chi connectivity index (χ4n) is 0.951. The van der Waals surface area contributed by atoms with Crippen molar-refractivity contribution in [3.63, 3.8) is 0 Å². The zero-order chi connectivity index (χ0) is 11.7. The molecule has 1 aromatic heterocycles. The summed E-state index contributed by atoms with van der Waals surface area (Å²) in [5.74, 6) is -0.210. The third kappa shape index (κ3) is 2.67. The van der Waals surface area contributed by atoms with Crippen molar-refractivity contribution in [1.82, 2.24) is 4.98 Å². The van der Waals surface area contributed by atoms with Crippen LogP contribution in [0.2, 0.25) is 0 Å². The van der Waals surface area contributed by atoms with E-state index in [1.54, 1.807) is 0 Å². The van der Waals surface area contributed by atoms with Gasteiger partial charge in [-0.25, -0.2) is 21.8 Å². The minimum atomic E-state index is -4.14. The molecule has 5 nitrogen and oxygen atoms in total. The molecule has 1 rings (SSSR count). The minimum absolute atomic E-state index is 0.210. The SMILES string of the molecule is CCS(=O)(=O)c1cccnc1S(=O)(=O)Cl. The molecule has 0 aromatic carbocycles. The van der Waals surface area contributed by atoms with E-state index < -0.39 is 23.9 Å². The zero-order valence-corrected chi connectivity index (χ0v) is 10.1. The largest absolute Gasteiger partial charge is 0.279 e. The smallest absolute Gasteiger partial charge is 0.242 e. The zero-order valence-electron chi connectivity index (χ0n) is 7.71. The lowest BCUT2D eigenvalue weighted by atomic mass is 10.5. The standard InChI is InChI=1S/C7H8ClNO4S2/c1-2-14(10,11)6-4-3-5-9-7(6)15(8,12)13/h3-5H,2H2,1H3. The summed E-state index contributed by atoms with van der Waals surface area (Å²) in [6.45, 7) is 1.41. The molecule has 0 saturated carbocycles. The highest BCUT2D eigenvalue weighted by atomic mass is 35.7. The molecule has 0 N–H and O–H groups in total. The van der Waals surface area contributed by atoms with E-state index in [1.165, 1.54) is 25.3 Å². The monoisotopic (exact) mass is 269 g/mol. The van der Waals surface area contributed by atoms with Crippen LogP contribution in [-0.2, 0) is 18.9 Å². The predicted octanol–water partition coefficient (Wildman–Crippen LogP) is 0.803. The summed E-state index contributed by atoms with van der Waals surface area (Å²) in [7, 11) is -2.71. The van der Waals surface area contributed by atoms with Crippen LogP contribution in [0, 0.1) is 0 Å². The van der Waals surface area contributed by atoms with Gasteiger partial charge in [-0.15, -0.1) is 0 Å². The van der Waals surface area contributed by atoms with Crippen molar-refractivity contribution in [2.24, 2.45) is 0 Å². The Kier molecular flexibility index (Phi) is 3.37. The van der Waals surface area contributed by atoms with Crippen LogP contribution in [0.4, 0.5) is 0 Å². The molecule has 0 spiro atoms. The van der Waals surface area contributed by atoms with Gasteiger partial charge < -0.3 is 0 Å². The Morgan fingerprint density at radius 1 is 1.33 bits per heavy atom. The Hall–Kier alpha value is -0.660. The molecule has 0 aliphatic heterocycles. The van der Waals surface area contributed by atoms with Gasteiger partial charge in [-0.3, -0.25) is 0 Å². The summed E-state index contributed by atoms with van der Waals surface area (Å²) in [5.41, 5.74) is 0. The van der Waals surface area contributed by atoms with E-state index in [-0.39, 0.29) is 10.6 Å². The molecule has 0 bridgehead atoms. The summed E-state index contributed by atoms with van der Waals surface area (Å²) in [6.07, 6.45) is 1.17. The van der Waals surface area contributed by atoms with Crippen LogP contribution in [0.3, 0.4) is 0 Å². The molecule has 0 aliphatic rings. The highest BCUT2D eigenvalue weighted by Crippen LogP contribution is 2.22. The molecule has 0 radical (unpaired) electrons. The Morgan fingerprint density at radius 3 is 2.40 bits per heavy atom. The molecule has 8 heteroatoms. The number of hydrogen-bond acceptors (Lipinski definition) is 5. The van der Waals surface area contributed by atoms with E-state index in [0.717, 1.165) is 0 Å². The predicted molar refractivity (Wildman–Crippen MR) is 55.0 cm³/mol. The van der Waals surface area contributed by atoms with Crippen LogP contribution in [0.1, 0.15) is 6.92 Å². The lowest BCUT2D eigenvalue weighted by molar-refractivity contribution is 0.585. The summed E-state index contributed by atoms with van der Waals surface area (Å²) < 4.78 is 45.1. The maximum absolute atomic E-state index is 11.5. The second kappa shape index (κ2) is 4.07. The van der Waals surface area contributed by atoms with Gasteiger partial charge in [0.25, 0.3) is 9.05 Å². The number of aromatic nitrogens is 1. The van der Waals surface area contributed by atoms with Crippen LogP contribution in [-0.4, -0.2) is 27.6 Å². The molecule has 15 heavy (non-hydrogen) atoms. The first kappa shape index (κ1) is 12.4. The molecular weight excluding hydrogens is 262 g/mol. The van der Waals surface area contributed by atoms with Gasteiger partial charge in [0, 0.05) is 16.9 Å². The van der Waals surface area contributed by atoms with Crippen molar-refractivity contribution in [3.8, 4) is 0 Å². The lowest BCUT2D eigenvalue weighted by Crippen LogP contribution is -2.10. The second-order valence-electron chi connectivity index (χ2n) is 2.65. The van der Waals surface area contributed by atoms with E-state index in [4.69, 9.17) is 10.7 Å². The van der Waals surface area contributed by atoms with Gasteiger partial charge in [0.15, 0.2) is 14.9 Å². The number of halogens is 1. The Balaban J connectivity index is 3.59. The average Bonchev–Trinajstić information content (AvgIpc) is 2.16. The Labute approximate surface area is 92.4 Å². The highest BCUT2D eigenvalue weighted by Gasteiger charge is 2.24. The van der Waals surface area contributed by atoms with Gasteiger partial charge in [-0.05, 0) is 12.1 Å². The fraction of sp³-hybridized carbons (Fsp3) is 0.286. The van der Waals surface area contributed by atoms with E-state index in [0.29, 0.717) is 0 Å². The van der Waals surface area contributed by atoms with E-state index in [2.05, 4.69) is 4.98 Å². The van der Waals surface area contributed by atoms with Crippen molar-refractivity contribution < 1.29 is 16.8 Å². The van der Waals surface area contributed by atoms with Gasteiger partial charge in [-0.1, -0.05) is 6.92 Å². The summed E-state index contributed by atoms with van der Waals surface area (Å²) in [5, 5.41) is -0.617. The lowest BCUT2D eigenvalue weighted by Gasteiger charge is -2.04. The normalized spacial score (nSPS) is 12.7. The first-order valence-corrected chi connectivity index (χ1v) is 7.87. The van der Waals surface area contributed by atoms with Crippen LogP contribution in [0.5, 0.6) is 0 Å². The van der Waals surface area contributed by atoms with Gasteiger partial charge in [0.05, 0.1) is 5.75 Å². The summed E-state index contributed by atoms with van der Waals surface area (Å²) in [4.78, 5) is 3.11. The van der Waals surface area contributed by atoms with Crippen molar-refractivity contribution in [3.05, 3.63) is 18.3 Å². The third-order valence-electron chi connectivity index (χ3n) is 1.68. The van der Waals surface area contributed by atoms with E-state index >= 15 is 0 Å². The van der Waals surface area contributed by atoms with E-state index in [9.17, 15) is 16.8 Å². The van der Waals surface area contributed by atoms with Crippen molar-refractivity contribution in [1.29, 1.82) is 0 Å². The molecule has 0 aliphatic carbocycles. The van der Waals surface area contributed by atoms with Gasteiger partial charge in [0.2, 0.25) is 0 Å². The third-order valence-corrected chi connectivity index (χ3v) is 4.80. The molecule has 0 atom stereocenters. The molecule has 0 fully saturated rings. The Bertz CT molecular complexity index is 564. The van der Waals surface area contributed by atoms with Crippen molar-refractivity contribution in [2.75, 3.05) is 5.75 Å². The van der Waals surface area contributed by atoms with Crippen LogP contribution >= 0.6 is 10.7 Å². The molecule has 1 aromatic rings. The van der Waals surface area contributed by atoms with Gasteiger partial charge in [0.1, 0.15) is 4.90 Å². The van der Waals surface area contributed by atoms with Gasteiger partial charge in [-0.2, -0.15) is 0 Å². The number of sulfone groups is 1. The fourth-order valence-corrected chi connectivity index (χ4v) is 3.58. The Morgan fingerprint density at radius 2 is 1.93 bits per heavy atom. The van der Waals surface area contributed by atoms with Crippen LogP contribution in [0.15, 0.2) is 28.3 Å². The molecule has 0 saturated heterocycles. The first-order valence-electron chi connectivity index (χ1n) is 3.91. The minimum Gasteiger partial charge on any atom is -0.242 e. The maximum atomic E-state index is 11.5. The summed E-state index contributed by atoms with van der Waals surface area (Å²) >= 11 is 0. The molecule has 84 valence electrons. The maximum Gasteiger partial charge on any atom is 0.279 e. The summed E-state index contributed by atoms with van der Waals surface area (Å²) in [6, 6.07) is 2.51. The van der Waals surface area contributed by atoms with Crippen LogP contribution in [0.25, 0.3) is 0 Å². The van der Waals surface area contributed by atoms with Gasteiger partial charge >= 0.3 is 0 Å². The number of rotatable bonds is 3. The molecule has 0 amide bonds. The quantitative estimate of drug-likeness (QED) is 0.758. The molecular formula is C7H8ClNO4S2. The van der Waals surface area contributed by atoms with Crippen molar-refractivity contribution in [2.45, 2.75) is 16.8 Å². The highest BCUT2D eigenvalue weighted by molar-refractivity contribution is 8.14. The number of nitrogens with zero attached hydrogens (tertiary/aromatic N) is 1. The topological polar surface area (TPSA) is 81.2 Å². The molecule has 1 heterocycles. The number of hydrogen-bond donors (Lipinski definition) is 0. The van der Waals surface area contributed by atoms with E-state index in [1.807, 2.05) is 0 Å². The van der Waals surface area contributed by atoms with Crippen LogP contribution < -0.4 is 0 Å². The second-order valence-corrected chi connectivity index (χ2v) is 7.38. The van der Waals surface area contributed by atoms with Crippen molar-refractivity contribution >= 4 is 29.6 Å².